The summed E-state index contributed by atoms with van der Waals surface area (Å²) < 4.78 is 39.4. The van der Waals surface area contributed by atoms with Crippen LogP contribution in [0.25, 0.3) is 10.8 Å². The lowest BCUT2D eigenvalue weighted by Crippen LogP contribution is -2.55. The molecular weight excluding hydrogens is 440 g/mol. The molecule has 0 unspecified atom stereocenters. The number of methoxy groups -OCH3 is 1. The zero-order valence-corrected chi connectivity index (χ0v) is 19.3. The highest BCUT2D eigenvalue weighted by Gasteiger charge is 2.51. The third-order valence-electron chi connectivity index (χ3n) is 6.60. The summed E-state index contributed by atoms with van der Waals surface area (Å²) in [6, 6.07) is 20.0. The molecule has 5 rings (SSSR count). The van der Waals surface area contributed by atoms with Crippen LogP contribution in [0.3, 0.4) is 0 Å². The van der Waals surface area contributed by atoms with Gasteiger partial charge in [-0.2, -0.15) is 4.31 Å². The minimum absolute atomic E-state index is 0.0434. The Hall–Kier alpha value is -2.94. The van der Waals surface area contributed by atoms with E-state index in [-0.39, 0.29) is 10.8 Å². The van der Waals surface area contributed by atoms with Crippen molar-refractivity contribution in [3.8, 4) is 5.75 Å². The number of carbonyl (C=O) groups is 1. The van der Waals surface area contributed by atoms with Crippen molar-refractivity contribution in [3.05, 3.63) is 72.3 Å². The SMILES string of the molecule is COc1ccc(S(=O)(=O)N2CCOC23CCN(C(=O)c2ccc4ccccc4c2)CC3)cc1. The van der Waals surface area contributed by atoms with Crippen LogP contribution in [0.4, 0.5) is 0 Å². The number of benzene rings is 3. The Bertz CT molecular complexity index is 1280. The summed E-state index contributed by atoms with van der Waals surface area (Å²) in [5.74, 6) is 0.556. The van der Waals surface area contributed by atoms with E-state index in [2.05, 4.69) is 0 Å². The second kappa shape index (κ2) is 8.44. The largest absolute Gasteiger partial charge is 0.497 e. The quantitative estimate of drug-likeness (QED) is 0.588. The van der Waals surface area contributed by atoms with Crippen LogP contribution >= 0.6 is 0 Å². The lowest BCUT2D eigenvalue weighted by atomic mass is 9.99. The normalized spacial score (nSPS) is 18.6. The van der Waals surface area contributed by atoms with E-state index in [9.17, 15) is 13.2 Å². The fourth-order valence-corrected chi connectivity index (χ4v) is 6.49. The molecule has 0 atom stereocenters. The highest BCUT2D eigenvalue weighted by atomic mass is 32.2. The van der Waals surface area contributed by atoms with Gasteiger partial charge in [-0.3, -0.25) is 4.79 Å². The van der Waals surface area contributed by atoms with Crippen LogP contribution in [0.15, 0.2) is 71.6 Å². The molecule has 0 N–H and O–H groups in total. The van der Waals surface area contributed by atoms with Gasteiger partial charge in [0.15, 0.2) is 0 Å². The summed E-state index contributed by atoms with van der Waals surface area (Å²) in [4.78, 5) is 15.1. The third kappa shape index (κ3) is 3.88. The first-order chi connectivity index (χ1) is 15.9. The molecule has 2 aliphatic heterocycles. The van der Waals surface area contributed by atoms with Gasteiger partial charge in [-0.1, -0.05) is 30.3 Å². The first-order valence-electron chi connectivity index (χ1n) is 11.0. The van der Waals surface area contributed by atoms with E-state index in [0.29, 0.717) is 50.4 Å². The Morgan fingerprint density at radius 2 is 1.64 bits per heavy atom. The molecule has 33 heavy (non-hydrogen) atoms. The van der Waals surface area contributed by atoms with Gasteiger partial charge in [-0.25, -0.2) is 8.42 Å². The van der Waals surface area contributed by atoms with Crippen molar-refractivity contribution in [2.75, 3.05) is 33.4 Å². The summed E-state index contributed by atoms with van der Waals surface area (Å²) in [7, 11) is -2.20. The average Bonchev–Trinajstić information content (AvgIpc) is 3.27. The van der Waals surface area contributed by atoms with Crippen molar-refractivity contribution in [2.45, 2.75) is 23.5 Å². The Morgan fingerprint density at radius 3 is 2.33 bits per heavy atom. The monoisotopic (exact) mass is 466 g/mol. The molecule has 0 aliphatic carbocycles. The molecule has 7 nitrogen and oxygen atoms in total. The van der Waals surface area contributed by atoms with Crippen LogP contribution in [0, 0.1) is 0 Å². The number of carbonyl (C=O) groups excluding carboxylic acids is 1. The maximum atomic E-state index is 13.4. The van der Waals surface area contributed by atoms with Crippen molar-refractivity contribution >= 4 is 26.7 Å². The van der Waals surface area contributed by atoms with Crippen LogP contribution in [0.2, 0.25) is 0 Å². The van der Waals surface area contributed by atoms with Crippen LogP contribution in [0.5, 0.6) is 5.75 Å². The van der Waals surface area contributed by atoms with Crippen molar-refractivity contribution in [3.63, 3.8) is 0 Å². The number of amides is 1. The fourth-order valence-electron chi connectivity index (χ4n) is 4.77. The first-order valence-corrected chi connectivity index (χ1v) is 12.5. The molecule has 2 heterocycles. The molecule has 172 valence electrons. The number of nitrogens with zero attached hydrogens (tertiary/aromatic N) is 2. The van der Waals surface area contributed by atoms with E-state index in [4.69, 9.17) is 9.47 Å². The summed E-state index contributed by atoms with van der Waals surface area (Å²) >= 11 is 0. The van der Waals surface area contributed by atoms with Crippen molar-refractivity contribution in [1.82, 2.24) is 9.21 Å². The van der Waals surface area contributed by atoms with Crippen LogP contribution in [-0.4, -0.2) is 62.6 Å². The Balaban J connectivity index is 1.33. The molecule has 0 saturated carbocycles. The van der Waals surface area contributed by atoms with Gasteiger partial charge in [0.05, 0.1) is 18.6 Å². The van der Waals surface area contributed by atoms with E-state index in [1.165, 1.54) is 4.31 Å². The first kappa shape index (κ1) is 21.9. The van der Waals surface area contributed by atoms with Gasteiger partial charge >= 0.3 is 0 Å². The van der Waals surface area contributed by atoms with Gasteiger partial charge < -0.3 is 14.4 Å². The van der Waals surface area contributed by atoms with Crippen LogP contribution in [-0.2, 0) is 14.8 Å². The summed E-state index contributed by atoms with van der Waals surface area (Å²) in [5.41, 5.74) is -0.279. The predicted molar refractivity (Wildman–Crippen MR) is 125 cm³/mol. The highest BCUT2D eigenvalue weighted by Crippen LogP contribution is 2.38. The number of rotatable bonds is 4. The number of hydrogen-bond acceptors (Lipinski definition) is 5. The molecule has 2 fully saturated rings. The summed E-state index contributed by atoms with van der Waals surface area (Å²) in [5, 5.41) is 2.11. The average molecular weight is 467 g/mol. The van der Waals surface area contributed by atoms with Crippen molar-refractivity contribution < 1.29 is 22.7 Å². The molecule has 3 aromatic carbocycles. The van der Waals surface area contributed by atoms with Crippen LogP contribution < -0.4 is 4.74 Å². The molecule has 1 spiro atoms. The maximum absolute atomic E-state index is 13.4. The van der Waals surface area contributed by atoms with Gasteiger partial charge in [0.1, 0.15) is 11.5 Å². The molecule has 0 aromatic heterocycles. The fraction of sp³-hybridized carbons (Fsp3) is 0.320. The lowest BCUT2D eigenvalue weighted by molar-refractivity contribution is -0.0857. The number of ether oxygens (including phenoxy) is 2. The molecule has 1 amide bonds. The molecule has 3 aromatic rings. The number of piperidine rings is 1. The van der Waals surface area contributed by atoms with Gasteiger partial charge in [0.25, 0.3) is 5.91 Å². The van der Waals surface area contributed by atoms with Crippen molar-refractivity contribution in [2.24, 2.45) is 0 Å². The zero-order valence-electron chi connectivity index (χ0n) is 18.4. The Labute approximate surface area is 193 Å². The highest BCUT2D eigenvalue weighted by molar-refractivity contribution is 7.89. The number of hydrogen-bond donors (Lipinski definition) is 0. The van der Waals surface area contributed by atoms with Gasteiger partial charge in [-0.05, 0) is 47.2 Å². The Kier molecular flexibility index (Phi) is 5.60. The molecular formula is C25H26N2O5S. The van der Waals surface area contributed by atoms with Gasteiger partial charge in [-0.15, -0.1) is 0 Å². The van der Waals surface area contributed by atoms with Crippen LogP contribution in [0.1, 0.15) is 23.2 Å². The lowest BCUT2D eigenvalue weighted by Gasteiger charge is -2.42. The van der Waals surface area contributed by atoms with E-state index in [1.807, 2.05) is 42.5 Å². The second-order valence-corrected chi connectivity index (χ2v) is 10.3. The number of likely N-dealkylation sites (tertiary alicyclic amines) is 1. The maximum Gasteiger partial charge on any atom is 0.253 e. The smallest absolute Gasteiger partial charge is 0.253 e. The van der Waals surface area contributed by atoms with Crippen molar-refractivity contribution in [1.29, 1.82) is 0 Å². The van der Waals surface area contributed by atoms with E-state index in [1.54, 1.807) is 36.3 Å². The molecule has 2 aliphatic rings. The van der Waals surface area contributed by atoms with E-state index < -0.39 is 15.7 Å². The van der Waals surface area contributed by atoms with Gasteiger partial charge in [0, 0.05) is 38.0 Å². The molecule has 0 radical (unpaired) electrons. The molecule has 2 saturated heterocycles. The minimum Gasteiger partial charge on any atom is -0.497 e. The van der Waals surface area contributed by atoms with Gasteiger partial charge in [0.2, 0.25) is 10.0 Å². The van der Waals surface area contributed by atoms with E-state index in [0.717, 1.165) is 10.8 Å². The molecule has 0 bridgehead atoms. The molecule has 8 heteroatoms. The van der Waals surface area contributed by atoms with E-state index >= 15 is 0 Å². The Morgan fingerprint density at radius 1 is 0.939 bits per heavy atom. The second-order valence-electron chi connectivity index (χ2n) is 8.40. The number of fused-ring (bicyclic) bond motifs is 1. The topological polar surface area (TPSA) is 76.2 Å². The zero-order chi connectivity index (χ0) is 23.1. The third-order valence-corrected chi connectivity index (χ3v) is 8.56. The predicted octanol–water partition coefficient (Wildman–Crippen LogP) is 3.50. The minimum atomic E-state index is -3.74. The summed E-state index contributed by atoms with van der Waals surface area (Å²) in [6.07, 6.45) is 0.864. The standard InChI is InChI=1S/C25H26N2O5S/c1-31-22-8-10-23(11-9-22)33(29,30)27-16-17-32-25(27)12-14-26(15-13-25)24(28)21-7-6-19-4-2-3-5-20(19)18-21/h2-11,18H,12-17H2,1H3. The number of sulfonamides is 1. The summed E-state index contributed by atoms with van der Waals surface area (Å²) in [6.45, 7) is 1.50.